The SMILES string of the molecule is CC(C)Cc1ccc(C(C)C(=O)OCC(N)C(=O)O)cc1. The maximum absolute atomic E-state index is 11.9. The molecule has 1 aromatic carbocycles. The molecule has 0 aromatic heterocycles. The maximum Gasteiger partial charge on any atom is 0.324 e. The smallest absolute Gasteiger partial charge is 0.324 e. The summed E-state index contributed by atoms with van der Waals surface area (Å²) in [5.41, 5.74) is 7.36. The van der Waals surface area contributed by atoms with E-state index in [4.69, 9.17) is 15.6 Å². The van der Waals surface area contributed by atoms with Crippen LogP contribution in [0.25, 0.3) is 0 Å². The van der Waals surface area contributed by atoms with Gasteiger partial charge < -0.3 is 15.6 Å². The van der Waals surface area contributed by atoms with Gasteiger partial charge >= 0.3 is 11.9 Å². The van der Waals surface area contributed by atoms with Crippen molar-refractivity contribution in [2.75, 3.05) is 6.61 Å². The Kier molecular flexibility index (Phi) is 6.37. The molecule has 0 saturated heterocycles. The number of nitrogens with two attached hydrogens (primary N) is 1. The summed E-state index contributed by atoms with van der Waals surface area (Å²) in [7, 11) is 0. The van der Waals surface area contributed by atoms with E-state index in [-0.39, 0.29) is 6.61 Å². The van der Waals surface area contributed by atoms with E-state index in [9.17, 15) is 9.59 Å². The molecular weight excluding hydrogens is 270 g/mol. The van der Waals surface area contributed by atoms with Gasteiger partial charge in [0.15, 0.2) is 0 Å². The van der Waals surface area contributed by atoms with Crippen molar-refractivity contribution in [3.05, 3.63) is 35.4 Å². The summed E-state index contributed by atoms with van der Waals surface area (Å²) in [6.07, 6.45) is 0.993. The lowest BCUT2D eigenvalue weighted by molar-refractivity contribution is -0.148. The van der Waals surface area contributed by atoms with E-state index in [0.29, 0.717) is 5.92 Å². The van der Waals surface area contributed by atoms with E-state index in [1.807, 2.05) is 24.3 Å². The van der Waals surface area contributed by atoms with Crippen molar-refractivity contribution in [1.29, 1.82) is 0 Å². The number of rotatable bonds is 7. The molecule has 1 rings (SSSR count). The van der Waals surface area contributed by atoms with E-state index in [1.165, 1.54) is 5.56 Å². The number of carboxylic acids is 1. The third-order valence-electron chi connectivity index (χ3n) is 3.20. The molecule has 5 nitrogen and oxygen atoms in total. The van der Waals surface area contributed by atoms with Crippen molar-refractivity contribution in [2.24, 2.45) is 11.7 Å². The van der Waals surface area contributed by atoms with Gasteiger partial charge in [-0.2, -0.15) is 0 Å². The van der Waals surface area contributed by atoms with Gasteiger partial charge in [0, 0.05) is 0 Å². The van der Waals surface area contributed by atoms with E-state index in [0.717, 1.165) is 12.0 Å². The Bertz CT molecular complexity index is 482. The van der Waals surface area contributed by atoms with Gasteiger partial charge in [-0.05, 0) is 30.4 Å². The van der Waals surface area contributed by atoms with Crippen LogP contribution in [0.3, 0.4) is 0 Å². The number of hydrogen-bond acceptors (Lipinski definition) is 4. The zero-order chi connectivity index (χ0) is 16.0. The minimum absolute atomic E-state index is 0.316. The van der Waals surface area contributed by atoms with Gasteiger partial charge in [0.05, 0.1) is 5.92 Å². The molecule has 0 amide bonds. The van der Waals surface area contributed by atoms with Crippen LogP contribution in [0.1, 0.15) is 37.8 Å². The number of hydrogen-bond donors (Lipinski definition) is 2. The number of ether oxygens (including phenoxy) is 1. The minimum Gasteiger partial charge on any atom is -0.480 e. The van der Waals surface area contributed by atoms with Gasteiger partial charge in [-0.1, -0.05) is 38.1 Å². The summed E-state index contributed by atoms with van der Waals surface area (Å²) in [5, 5.41) is 8.64. The molecule has 2 unspecified atom stereocenters. The highest BCUT2D eigenvalue weighted by Crippen LogP contribution is 2.18. The first-order chi connectivity index (χ1) is 9.81. The molecule has 0 aliphatic heterocycles. The zero-order valence-electron chi connectivity index (χ0n) is 12.7. The number of esters is 1. The van der Waals surface area contributed by atoms with Gasteiger partial charge in [-0.3, -0.25) is 9.59 Å². The molecule has 0 saturated carbocycles. The first-order valence-electron chi connectivity index (χ1n) is 7.05. The van der Waals surface area contributed by atoms with Crippen molar-refractivity contribution in [2.45, 2.75) is 39.2 Å². The van der Waals surface area contributed by atoms with Crippen molar-refractivity contribution < 1.29 is 19.4 Å². The van der Waals surface area contributed by atoms with Gasteiger partial charge in [0.25, 0.3) is 0 Å². The predicted molar refractivity (Wildman–Crippen MR) is 80.0 cm³/mol. The van der Waals surface area contributed by atoms with E-state index < -0.39 is 23.9 Å². The number of carbonyl (C=O) groups is 2. The molecule has 2 atom stereocenters. The summed E-state index contributed by atoms with van der Waals surface area (Å²) < 4.78 is 4.93. The van der Waals surface area contributed by atoms with E-state index in [2.05, 4.69) is 13.8 Å². The number of benzene rings is 1. The van der Waals surface area contributed by atoms with Crippen molar-refractivity contribution in [3.63, 3.8) is 0 Å². The van der Waals surface area contributed by atoms with Gasteiger partial charge in [-0.25, -0.2) is 0 Å². The van der Waals surface area contributed by atoms with Crippen LogP contribution in [-0.4, -0.2) is 29.7 Å². The van der Waals surface area contributed by atoms with Gasteiger partial charge in [-0.15, -0.1) is 0 Å². The number of aliphatic carboxylic acids is 1. The van der Waals surface area contributed by atoms with Crippen molar-refractivity contribution in [1.82, 2.24) is 0 Å². The summed E-state index contributed by atoms with van der Waals surface area (Å²) in [6.45, 7) is 5.72. The molecule has 0 bridgehead atoms. The molecule has 5 heteroatoms. The molecular formula is C16H23NO4. The normalized spacial score (nSPS) is 13.8. The zero-order valence-corrected chi connectivity index (χ0v) is 12.7. The van der Waals surface area contributed by atoms with Crippen LogP contribution in [-0.2, 0) is 20.7 Å². The summed E-state index contributed by atoms with van der Waals surface area (Å²) in [5.74, 6) is -1.52. The highest BCUT2D eigenvalue weighted by Gasteiger charge is 2.20. The van der Waals surface area contributed by atoms with Crippen LogP contribution in [0.15, 0.2) is 24.3 Å². The highest BCUT2D eigenvalue weighted by atomic mass is 16.5. The van der Waals surface area contributed by atoms with E-state index in [1.54, 1.807) is 6.92 Å². The first-order valence-corrected chi connectivity index (χ1v) is 7.05. The Morgan fingerprint density at radius 2 is 1.76 bits per heavy atom. The summed E-state index contributed by atoms with van der Waals surface area (Å²) in [6, 6.07) is 6.63. The number of carboxylic acid groups (broad SMARTS) is 1. The number of carbonyl (C=O) groups excluding carboxylic acids is 1. The first kappa shape index (κ1) is 17.2. The highest BCUT2D eigenvalue weighted by molar-refractivity contribution is 5.78. The van der Waals surface area contributed by atoms with Crippen molar-refractivity contribution >= 4 is 11.9 Å². The Hall–Kier alpha value is -1.88. The molecule has 0 aliphatic rings. The van der Waals surface area contributed by atoms with Gasteiger partial charge in [0.2, 0.25) is 0 Å². The Morgan fingerprint density at radius 3 is 2.24 bits per heavy atom. The molecule has 0 spiro atoms. The van der Waals surface area contributed by atoms with Crippen LogP contribution >= 0.6 is 0 Å². The largest absolute Gasteiger partial charge is 0.480 e. The molecule has 3 N–H and O–H groups in total. The second-order valence-electron chi connectivity index (χ2n) is 5.64. The molecule has 116 valence electrons. The second-order valence-corrected chi connectivity index (χ2v) is 5.64. The van der Waals surface area contributed by atoms with Crippen LogP contribution in [0.4, 0.5) is 0 Å². The monoisotopic (exact) mass is 293 g/mol. The molecule has 21 heavy (non-hydrogen) atoms. The van der Waals surface area contributed by atoms with Crippen LogP contribution < -0.4 is 5.73 Å². The second kappa shape index (κ2) is 7.78. The lowest BCUT2D eigenvalue weighted by atomic mass is 9.97. The quantitative estimate of drug-likeness (QED) is 0.750. The third kappa shape index (κ3) is 5.55. The molecule has 0 fully saturated rings. The molecule has 0 aliphatic carbocycles. The standard InChI is InChI=1S/C16H23NO4/c1-10(2)8-12-4-6-13(7-5-12)11(3)16(20)21-9-14(17)15(18)19/h4-7,10-11,14H,8-9,17H2,1-3H3,(H,18,19). The maximum atomic E-state index is 11.9. The fraction of sp³-hybridized carbons (Fsp3) is 0.500. The Balaban J connectivity index is 2.59. The Labute approximate surface area is 125 Å². The van der Waals surface area contributed by atoms with Gasteiger partial charge in [0.1, 0.15) is 12.6 Å². The van der Waals surface area contributed by atoms with Crippen LogP contribution in [0.5, 0.6) is 0 Å². The molecule has 0 heterocycles. The minimum atomic E-state index is -1.19. The fourth-order valence-corrected chi connectivity index (χ4v) is 1.92. The lowest BCUT2D eigenvalue weighted by Crippen LogP contribution is -2.36. The topological polar surface area (TPSA) is 89.6 Å². The molecule has 1 aromatic rings. The fourth-order valence-electron chi connectivity index (χ4n) is 1.92. The van der Waals surface area contributed by atoms with Crippen molar-refractivity contribution in [3.8, 4) is 0 Å². The lowest BCUT2D eigenvalue weighted by Gasteiger charge is -2.14. The predicted octanol–water partition coefficient (Wildman–Crippen LogP) is 1.94. The third-order valence-corrected chi connectivity index (χ3v) is 3.20. The average Bonchev–Trinajstić information content (AvgIpc) is 2.43. The molecule has 0 radical (unpaired) electrons. The Morgan fingerprint density at radius 1 is 1.19 bits per heavy atom. The van der Waals surface area contributed by atoms with Crippen LogP contribution in [0.2, 0.25) is 0 Å². The van der Waals surface area contributed by atoms with Crippen LogP contribution in [0, 0.1) is 5.92 Å². The summed E-state index contributed by atoms with van der Waals surface area (Å²) in [4.78, 5) is 22.4. The van der Waals surface area contributed by atoms with E-state index >= 15 is 0 Å². The summed E-state index contributed by atoms with van der Waals surface area (Å²) >= 11 is 0. The average molecular weight is 293 g/mol.